The fourth-order valence-corrected chi connectivity index (χ4v) is 9.19. The minimum Gasteiger partial charge on any atom is -0.344 e. The molecule has 8 aromatic rings. The lowest BCUT2D eigenvalue weighted by Gasteiger charge is -2.29. The molecule has 0 atom stereocenters. The Morgan fingerprint density at radius 3 is 1.71 bits per heavy atom. The summed E-state index contributed by atoms with van der Waals surface area (Å²) in [5.41, 5.74) is 15.8. The minimum atomic E-state index is -0.168. The predicted molar refractivity (Wildman–Crippen MR) is 270 cm³/mol. The van der Waals surface area contributed by atoms with Gasteiger partial charge in [-0.25, -0.2) is 4.98 Å². The van der Waals surface area contributed by atoms with Crippen LogP contribution in [0.4, 0.5) is 34.1 Å². The largest absolute Gasteiger partial charge is 0.344 e. The molecule has 320 valence electrons. The first-order valence-electron chi connectivity index (χ1n) is 22.5. The fraction of sp³-hybridized carbons (Fsp3) is 0.293. The van der Waals surface area contributed by atoms with Crippen molar-refractivity contribution in [1.29, 1.82) is 0 Å². The lowest BCUT2D eigenvalue weighted by molar-refractivity contribution is 0.568. The van der Waals surface area contributed by atoms with E-state index in [1.54, 1.807) is 0 Å². The van der Waals surface area contributed by atoms with Gasteiger partial charge in [0.25, 0.3) is 0 Å². The first-order chi connectivity index (χ1) is 29.8. The van der Waals surface area contributed by atoms with Crippen LogP contribution in [0.5, 0.6) is 0 Å². The van der Waals surface area contributed by atoms with Crippen molar-refractivity contribution >= 4 is 55.9 Å². The Balaban J connectivity index is 1.12. The summed E-state index contributed by atoms with van der Waals surface area (Å²) in [7, 11) is 2.18. The van der Waals surface area contributed by atoms with Crippen molar-refractivity contribution in [3.8, 4) is 5.82 Å². The molecule has 0 radical (unpaired) electrons. The zero-order chi connectivity index (χ0) is 44.6. The van der Waals surface area contributed by atoms with Crippen molar-refractivity contribution in [3.05, 3.63) is 180 Å². The van der Waals surface area contributed by atoms with Gasteiger partial charge in [0, 0.05) is 52.2 Å². The van der Waals surface area contributed by atoms with Crippen LogP contribution in [0.1, 0.15) is 104 Å². The number of benzene rings is 6. The summed E-state index contributed by atoms with van der Waals surface area (Å²) in [4.78, 5) is 12.3. The molecule has 1 aliphatic rings. The first kappa shape index (κ1) is 42.0. The van der Waals surface area contributed by atoms with Gasteiger partial charge in [0.15, 0.2) is 0 Å². The Kier molecular flexibility index (Phi) is 10.1. The number of pyridine rings is 1. The normalized spacial score (nSPS) is 13.6. The number of hydrogen-bond acceptors (Lipinski definition) is 4. The van der Waals surface area contributed by atoms with Crippen molar-refractivity contribution in [3.63, 3.8) is 0 Å². The highest BCUT2D eigenvalue weighted by Crippen LogP contribution is 2.47. The number of hydrogen-bond donors (Lipinski definition) is 0. The van der Waals surface area contributed by atoms with Crippen LogP contribution in [0.15, 0.2) is 152 Å². The maximum atomic E-state index is 5.02. The van der Waals surface area contributed by atoms with Gasteiger partial charge >= 0.3 is 0 Å². The van der Waals surface area contributed by atoms with Gasteiger partial charge in [-0.3, -0.25) is 4.57 Å². The molecule has 0 bridgehead atoms. The zero-order valence-corrected chi connectivity index (χ0v) is 39.4. The lowest BCUT2D eigenvalue weighted by atomic mass is 9.78. The van der Waals surface area contributed by atoms with Gasteiger partial charge in [0.2, 0.25) is 0 Å². The third-order valence-corrected chi connectivity index (χ3v) is 13.4. The van der Waals surface area contributed by atoms with Gasteiger partial charge in [0.05, 0.1) is 22.4 Å². The van der Waals surface area contributed by atoms with Gasteiger partial charge in [-0.1, -0.05) is 143 Å². The van der Waals surface area contributed by atoms with Gasteiger partial charge in [-0.2, -0.15) is 0 Å². The van der Waals surface area contributed by atoms with E-state index < -0.39 is 0 Å². The summed E-state index contributed by atoms with van der Waals surface area (Å²) in [6.07, 6.45) is 1.96. The maximum absolute atomic E-state index is 5.02. The van der Waals surface area contributed by atoms with Crippen molar-refractivity contribution in [2.24, 2.45) is 0 Å². The molecule has 6 aromatic carbocycles. The summed E-state index contributed by atoms with van der Waals surface area (Å²) < 4.78 is 2.36. The number of fused-ring (bicyclic) bond motifs is 4. The van der Waals surface area contributed by atoms with Crippen LogP contribution >= 0.6 is 0 Å². The lowest BCUT2D eigenvalue weighted by Crippen LogP contribution is -2.25. The molecule has 0 saturated heterocycles. The van der Waals surface area contributed by atoms with Crippen molar-refractivity contribution < 1.29 is 0 Å². The molecular weight excluding hydrogens is 767 g/mol. The molecule has 0 unspecified atom stereocenters. The molecule has 5 nitrogen and oxygen atoms in total. The van der Waals surface area contributed by atoms with Gasteiger partial charge in [-0.15, -0.1) is 0 Å². The van der Waals surface area contributed by atoms with Crippen LogP contribution in [0.2, 0.25) is 0 Å². The fourth-order valence-electron chi connectivity index (χ4n) is 9.19. The Hall–Kier alpha value is -6.33. The number of aromatic nitrogens is 2. The molecule has 5 heteroatoms. The summed E-state index contributed by atoms with van der Waals surface area (Å²) in [5.74, 6) is 0.930. The van der Waals surface area contributed by atoms with E-state index in [4.69, 9.17) is 4.98 Å². The third kappa shape index (κ3) is 7.66. The molecular formula is C58H63N5. The summed E-state index contributed by atoms with van der Waals surface area (Å²) in [6, 6.07) is 54.2. The van der Waals surface area contributed by atoms with Crippen LogP contribution in [-0.4, -0.2) is 23.3 Å². The summed E-state index contributed by atoms with van der Waals surface area (Å²) in [5, 5.41) is 2.44. The zero-order valence-electron chi connectivity index (χ0n) is 39.4. The molecule has 0 N–H and O–H groups in total. The average molecular weight is 830 g/mol. The molecule has 0 aliphatic carbocycles. The predicted octanol–water partition coefficient (Wildman–Crippen LogP) is 15.4. The van der Waals surface area contributed by atoms with Crippen LogP contribution in [-0.2, 0) is 21.7 Å². The maximum Gasteiger partial charge on any atom is 0.137 e. The molecule has 0 amide bonds. The molecule has 0 spiro atoms. The van der Waals surface area contributed by atoms with Crippen LogP contribution in [0, 0.1) is 0 Å². The highest BCUT2D eigenvalue weighted by Gasteiger charge is 2.31. The summed E-state index contributed by atoms with van der Waals surface area (Å²) in [6.45, 7) is 26.0. The van der Waals surface area contributed by atoms with E-state index in [0.29, 0.717) is 0 Å². The molecule has 1 aliphatic heterocycles. The molecule has 3 heterocycles. The van der Waals surface area contributed by atoms with Gasteiger partial charge in [-0.05, 0) is 123 Å². The average Bonchev–Trinajstić information content (AvgIpc) is 3.81. The standard InChI is InChI=1S/C58H63N5/c1-55(2,3)40-29-30-59-54(35-40)63-50-28-25-41(58(10,11)39-19-14-13-15-20-39)34-49(50)48-27-26-45(37-53(48)63)60(12)44-21-18-22-46(36-44)61-38-62(52-24-17-16-23-51(52)61)47-32-42(56(4,5)6)31-43(33-47)57(7,8)9/h13-37H,38H2,1-12H3. The quantitative estimate of drug-likeness (QED) is 0.160. The van der Waals surface area contributed by atoms with Crippen LogP contribution in [0.3, 0.4) is 0 Å². The second-order valence-electron chi connectivity index (χ2n) is 21.2. The number of anilines is 6. The second-order valence-corrected chi connectivity index (χ2v) is 21.2. The number of nitrogens with zero attached hydrogens (tertiary/aromatic N) is 5. The van der Waals surface area contributed by atoms with E-state index in [1.165, 1.54) is 55.7 Å². The molecule has 63 heavy (non-hydrogen) atoms. The monoisotopic (exact) mass is 830 g/mol. The molecule has 9 rings (SSSR count). The highest BCUT2D eigenvalue weighted by atomic mass is 15.4. The minimum absolute atomic E-state index is 0.0154. The molecule has 2 aromatic heterocycles. The number of para-hydroxylation sites is 2. The SMILES string of the molecule is CN(c1cccc(N2CN(c3cc(C(C)(C)C)cc(C(C)(C)C)c3)c3ccccc32)c1)c1ccc2c3cc(C(C)(C)c4ccccc4)ccc3n(-c3cc(C(C)(C)C)ccn3)c2c1. The Labute approximate surface area is 375 Å². The van der Waals surface area contributed by atoms with E-state index in [2.05, 4.69) is 248 Å². The van der Waals surface area contributed by atoms with E-state index in [0.717, 1.165) is 40.6 Å². The second kappa shape index (κ2) is 15.2. The van der Waals surface area contributed by atoms with Gasteiger partial charge < -0.3 is 14.7 Å². The van der Waals surface area contributed by atoms with E-state index in [-0.39, 0.29) is 21.7 Å². The van der Waals surface area contributed by atoms with E-state index in [1.807, 2.05) is 6.20 Å². The summed E-state index contributed by atoms with van der Waals surface area (Å²) >= 11 is 0. The Morgan fingerprint density at radius 1 is 0.444 bits per heavy atom. The Bertz CT molecular complexity index is 2950. The van der Waals surface area contributed by atoms with Crippen molar-refractivity contribution in [2.75, 3.05) is 28.4 Å². The smallest absolute Gasteiger partial charge is 0.137 e. The van der Waals surface area contributed by atoms with Crippen LogP contribution in [0.25, 0.3) is 27.6 Å². The number of rotatable bonds is 7. The Morgan fingerprint density at radius 2 is 1.06 bits per heavy atom. The molecule has 0 saturated carbocycles. The topological polar surface area (TPSA) is 27.5 Å². The highest BCUT2D eigenvalue weighted by molar-refractivity contribution is 6.10. The van der Waals surface area contributed by atoms with E-state index in [9.17, 15) is 0 Å². The van der Waals surface area contributed by atoms with Crippen LogP contribution < -0.4 is 14.7 Å². The van der Waals surface area contributed by atoms with Crippen molar-refractivity contribution in [1.82, 2.24) is 9.55 Å². The van der Waals surface area contributed by atoms with Crippen molar-refractivity contribution in [2.45, 2.75) is 97.8 Å². The third-order valence-electron chi connectivity index (χ3n) is 13.4. The first-order valence-corrected chi connectivity index (χ1v) is 22.5. The molecule has 0 fully saturated rings. The van der Waals surface area contributed by atoms with E-state index >= 15 is 0 Å². The van der Waals surface area contributed by atoms with Gasteiger partial charge in [0.1, 0.15) is 12.5 Å².